The quantitative estimate of drug-likeness (QED) is 0.785. The van der Waals surface area contributed by atoms with Crippen LogP contribution in [0.5, 0.6) is 0 Å². The monoisotopic (exact) mass is 339 g/mol. The van der Waals surface area contributed by atoms with E-state index in [4.69, 9.17) is 4.74 Å². The highest BCUT2D eigenvalue weighted by atomic mass is 16.5. The summed E-state index contributed by atoms with van der Waals surface area (Å²) in [5.74, 6) is 1.04. The molecule has 1 aliphatic heterocycles. The van der Waals surface area contributed by atoms with Crippen LogP contribution in [0.15, 0.2) is 36.7 Å². The Bertz CT molecular complexity index is 810. The minimum atomic E-state index is -0.360. The Balaban J connectivity index is 1.53. The fraction of sp³-hybridized carbons (Fsp3) is 0.421. The lowest BCUT2D eigenvalue weighted by Gasteiger charge is -2.16. The van der Waals surface area contributed by atoms with Gasteiger partial charge in [0.25, 0.3) is 0 Å². The van der Waals surface area contributed by atoms with E-state index in [1.54, 1.807) is 18.3 Å². The number of likely N-dealkylation sites (tertiary alicyclic amines) is 1. The average Bonchev–Trinajstić information content (AvgIpc) is 3.26. The molecule has 4 rings (SSSR count). The Morgan fingerprint density at radius 3 is 2.96 bits per heavy atom. The molecular weight excluding hydrogens is 318 g/mol. The number of amides is 1. The normalized spacial score (nSPS) is 20.1. The standard InChI is InChI=1S/C19H21N3O3/c1-25-19(24)15-4-2-3-14(10-15)18-20-7-8-21(18)11-13-9-17(23)22(12-13)16-5-6-16/h2-4,7-8,10,13,16H,5-6,9,11-12H2,1H3. The number of carbonyl (C=O) groups is 2. The number of methoxy groups -OCH3 is 1. The molecule has 0 bridgehead atoms. The number of esters is 1. The van der Waals surface area contributed by atoms with Gasteiger partial charge in [-0.15, -0.1) is 0 Å². The number of benzene rings is 1. The molecule has 2 heterocycles. The molecule has 2 aromatic rings. The van der Waals surface area contributed by atoms with Gasteiger partial charge in [0.05, 0.1) is 12.7 Å². The molecule has 1 saturated carbocycles. The average molecular weight is 339 g/mol. The highest BCUT2D eigenvalue weighted by Crippen LogP contribution is 2.33. The zero-order chi connectivity index (χ0) is 17.4. The first-order valence-electron chi connectivity index (χ1n) is 8.65. The summed E-state index contributed by atoms with van der Waals surface area (Å²) in [7, 11) is 1.37. The van der Waals surface area contributed by atoms with E-state index >= 15 is 0 Å². The van der Waals surface area contributed by atoms with Crippen molar-refractivity contribution in [2.45, 2.75) is 31.8 Å². The fourth-order valence-electron chi connectivity index (χ4n) is 3.57. The van der Waals surface area contributed by atoms with Crippen molar-refractivity contribution in [3.05, 3.63) is 42.2 Å². The van der Waals surface area contributed by atoms with Gasteiger partial charge in [-0.2, -0.15) is 0 Å². The maximum absolute atomic E-state index is 12.2. The largest absolute Gasteiger partial charge is 0.465 e. The van der Waals surface area contributed by atoms with Crippen LogP contribution in [0.1, 0.15) is 29.6 Å². The number of rotatable bonds is 5. The third-order valence-corrected chi connectivity index (χ3v) is 4.94. The summed E-state index contributed by atoms with van der Waals surface area (Å²) >= 11 is 0. The zero-order valence-corrected chi connectivity index (χ0v) is 14.2. The van der Waals surface area contributed by atoms with Gasteiger partial charge in [-0.3, -0.25) is 4.79 Å². The van der Waals surface area contributed by atoms with Gasteiger partial charge in [-0.05, 0) is 25.0 Å². The van der Waals surface area contributed by atoms with Gasteiger partial charge >= 0.3 is 5.97 Å². The fourth-order valence-corrected chi connectivity index (χ4v) is 3.57. The third-order valence-electron chi connectivity index (χ3n) is 4.94. The summed E-state index contributed by atoms with van der Waals surface area (Å²) in [5, 5.41) is 0. The summed E-state index contributed by atoms with van der Waals surface area (Å²) in [6.45, 7) is 1.59. The van der Waals surface area contributed by atoms with Crippen LogP contribution >= 0.6 is 0 Å². The van der Waals surface area contributed by atoms with Crippen molar-refractivity contribution in [3.8, 4) is 11.4 Å². The van der Waals surface area contributed by atoms with Crippen LogP contribution in [0.25, 0.3) is 11.4 Å². The number of hydrogen-bond acceptors (Lipinski definition) is 4. The maximum atomic E-state index is 12.2. The summed E-state index contributed by atoms with van der Waals surface area (Å²) in [6.07, 6.45) is 6.60. The molecule has 1 aliphatic carbocycles. The van der Waals surface area contributed by atoms with Crippen LogP contribution in [0.4, 0.5) is 0 Å². The van der Waals surface area contributed by atoms with Crippen LogP contribution in [-0.4, -0.2) is 46.0 Å². The van der Waals surface area contributed by atoms with E-state index in [0.717, 1.165) is 37.3 Å². The highest BCUT2D eigenvalue weighted by Gasteiger charge is 2.39. The van der Waals surface area contributed by atoms with Crippen molar-refractivity contribution in [2.75, 3.05) is 13.7 Å². The Hall–Kier alpha value is -2.63. The molecule has 0 spiro atoms. The second-order valence-corrected chi connectivity index (χ2v) is 6.82. The van der Waals surface area contributed by atoms with Gasteiger partial charge in [0, 0.05) is 49.4 Å². The van der Waals surface area contributed by atoms with Gasteiger partial charge in [0.2, 0.25) is 5.91 Å². The van der Waals surface area contributed by atoms with E-state index in [0.29, 0.717) is 23.9 Å². The lowest BCUT2D eigenvalue weighted by atomic mass is 10.1. The lowest BCUT2D eigenvalue weighted by Crippen LogP contribution is -2.27. The smallest absolute Gasteiger partial charge is 0.337 e. The van der Waals surface area contributed by atoms with Crippen molar-refractivity contribution >= 4 is 11.9 Å². The minimum Gasteiger partial charge on any atom is -0.465 e. The van der Waals surface area contributed by atoms with Gasteiger partial charge < -0.3 is 14.2 Å². The predicted molar refractivity (Wildman–Crippen MR) is 91.8 cm³/mol. The van der Waals surface area contributed by atoms with Crippen molar-refractivity contribution in [1.82, 2.24) is 14.5 Å². The number of imidazole rings is 1. The van der Waals surface area contributed by atoms with Gasteiger partial charge in [-0.25, -0.2) is 9.78 Å². The molecule has 2 fully saturated rings. The Morgan fingerprint density at radius 1 is 1.36 bits per heavy atom. The van der Waals surface area contributed by atoms with E-state index in [-0.39, 0.29) is 11.9 Å². The zero-order valence-electron chi connectivity index (χ0n) is 14.2. The van der Waals surface area contributed by atoms with Gasteiger partial charge in [0.1, 0.15) is 5.82 Å². The van der Waals surface area contributed by atoms with E-state index in [1.807, 2.05) is 23.2 Å². The van der Waals surface area contributed by atoms with Crippen LogP contribution < -0.4 is 0 Å². The first-order chi connectivity index (χ1) is 12.2. The van der Waals surface area contributed by atoms with Crippen LogP contribution in [-0.2, 0) is 16.1 Å². The number of carbonyl (C=O) groups excluding carboxylic acids is 2. The summed E-state index contributed by atoms with van der Waals surface area (Å²) in [5.41, 5.74) is 1.38. The van der Waals surface area contributed by atoms with E-state index in [2.05, 4.69) is 9.55 Å². The van der Waals surface area contributed by atoms with E-state index in [1.165, 1.54) is 7.11 Å². The minimum absolute atomic E-state index is 0.279. The van der Waals surface area contributed by atoms with E-state index in [9.17, 15) is 9.59 Å². The molecule has 1 aromatic carbocycles. The second kappa shape index (κ2) is 6.35. The summed E-state index contributed by atoms with van der Waals surface area (Å²) in [6, 6.07) is 7.76. The molecule has 2 aliphatic rings. The second-order valence-electron chi connectivity index (χ2n) is 6.82. The number of hydrogen-bond donors (Lipinski definition) is 0. The van der Waals surface area contributed by atoms with Crippen molar-refractivity contribution < 1.29 is 14.3 Å². The molecule has 1 amide bonds. The Kier molecular flexibility index (Phi) is 4.03. The molecular formula is C19H21N3O3. The molecule has 1 atom stereocenters. The van der Waals surface area contributed by atoms with Crippen molar-refractivity contribution in [3.63, 3.8) is 0 Å². The topological polar surface area (TPSA) is 64.4 Å². The van der Waals surface area contributed by atoms with E-state index < -0.39 is 0 Å². The molecule has 0 radical (unpaired) electrons. The number of ether oxygens (including phenoxy) is 1. The van der Waals surface area contributed by atoms with Crippen molar-refractivity contribution in [1.29, 1.82) is 0 Å². The lowest BCUT2D eigenvalue weighted by molar-refractivity contribution is -0.128. The molecule has 130 valence electrons. The van der Waals surface area contributed by atoms with Crippen LogP contribution in [0, 0.1) is 5.92 Å². The van der Waals surface area contributed by atoms with Crippen molar-refractivity contribution in [2.24, 2.45) is 5.92 Å². The summed E-state index contributed by atoms with van der Waals surface area (Å²) in [4.78, 5) is 30.4. The SMILES string of the molecule is COC(=O)c1cccc(-c2nccn2CC2CC(=O)N(C3CC3)C2)c1. The Labute approximate surface area is 146 Å². The molecule has 1 saturated heterocycles. The predicted octanol–water partition coefficient (Wildman–Crippen LogP) is 2.35. The molecule has 0 N–H and O–H groups in total. The molecule has 1 aromatic heterocycles. The maximum Gasteiger partial charge on any atom is 0.337 e. The van der Waals surface area contributed by atoms with Gasteiger partial charge in [-0.1, -0.05) is 12.1 Å². The third kappa shape index (κ3) is 3.16. The first-order valence-corrected chi connectivity index (χ1v) is 8.65. The number of nitrogens with zero attached hydrogens (tertiary/aromatic N) is 3. The van der Waals surface area contributed by atoms with Crippen LogP contribution in [0.2, 0.25) is 0 Å². The Morgan fingerprint density at radius 2 is 2.20 bits per heavy atom. The summed E-state index contributed by atoms with van der Waals surface area (Å²) < 4.78 is 6.86. The molecule has 25 heavy (non-hydrogen) atoms. The first kappa shape index (κ1) is 15.9. The number of aromatic nitrogens is 2. The molecule has 6 heteroatoms. The molecule has 6 nitrogen and oxygen atoms in total. The highest BCUT2D eigenvalue weighted by molar-refractivity contribution is 5.90. The van der Waals surface area contributed by atoms with Crippen LogP contribution in [0.3, 0.4) is 0 Å². The molecule has 1 unspecified atom stereocenters. The van der Waals surface area contributed by atoms with Gasteiger partial charge in [0.15, 0.2) is 0 Å².